The molecule has 2 unspecified atom stereocenters. The molecule has 2 aliphatic rings. The van der Waals surface area contributed by atoms with E-state index in [0.717, 1.165) is 33.9 Å². The Morgan fingerprint density at radius 3 is 2.72 bits per heavy atom. The van der Waals surface area contributed by atoms with Gasteiger partial charge >= 0.3 is 0 Å². The van der Waals surface area contributed by atoms with Crippen molar-refractivity contribution in [1.82, 2.24) is 5.01 Å². The minimum absolute atomic E-state index is 0.0626. The van der Waals surface area contributed by atoms with Crippen molar-refractivity contribution < 1.29 is 14.2 Å². The first-order valence-corrected chi connectivity index (χ1v) is 10.5. The fourth-order valence-electron chi connectivity index (χ4n) is 3.87. The van der Waals surface area contributed by atoms with E-state index in [4.69, 9.17) is 30.9 Å². The molecule has 0 N–H and O–H groups in total. The van der Waals surface area contributed by atoms with Crippen LogP contribution in [0, 0.1) is 0 Å². The maximum Gasteiger partial charge on any atom is 0.222 e. The van der Waals surface area contributed by atoms with Crippen molar-refractivity contribution in [1.29, 1.82) is 0 Å². The molecule has 3 heterocycles. The number of rotatable bonds is 4. The zero-order valence-electron chi connectivity index (χ0n) is 16.0. The maximum atomic E-state index is 6.34. The van der Waals surface area contributed by atoms with Crippen LogP contribution in [0.2, 0.25) is 5.02 Å². The number of ether oxygens (including phenoxy) is 3. The quantitative estimate of drug-likeness (QED) is 0.539. The minimum atomic E-state index is -0.258. The summed E-state index contributed by atoms with van der Waals surface area (Å²) >= 11 is 7.96. The Kier molecular flexibility index (Phi) is 4.60. The Morgan fingerprint density at radius 1 is 1.10 bits per heavy atom. The van der Waals surface area contributed by atoms with Gasteiger partial charge in [0.1, 0.15) is 5.75 Å². The molecule has 0 spiro atoms. The van der Waals surface area contributed by atoms with Crippen LogP contribution in [-0.4, -0.2) is 24.9 Å². The molecule has 1 aromatic heterocycles. The van der Waals surface area contributed by atoms with Gasteiger partial charge in [-0.25, -0.2) is 5.01 Å². The number of halogens is 1. The highest BCUT2D eigenvalue weighted by atomic mass is 35.5. The van der Waals surface area contributed by atoms with Crippen LogP contribution >= 0.6 is 22.9 Å². The summed E-state index contributed by atoms with van der Waals surface area (Å²) in [5.41, 5.74) is 3.05. The van der Waals surface area contributed by atoms with Crippen molar-refractivity contribution in [2.75, 3.05) is 14.2 Å². The third-order valence-corrected chi connectivity index (χ3v) is 6.39. The van der Waals surface area contributed by atoms with Crippen LogP contribution < -0.4 is 14.2 Å². The van der Waals surface area contributed by atoms with Gasteiger partial charge in [-0.3, -0.25) is 0 Å². The van der Waals surface area contributed by atoms with Gasteiger partial charge in [0.15, 0.2) is 11.5 Å². The van der Waals surface area contributed by atoms with Crippen LogP contribution in [0.5, 0.6) is 17.2 Å². The first-order chi connectivity index (χ1) is 14.2. The van der Waals surface area contributed by atoms with E-state index in [-0.39, 0.29) is 12.3 Å². The minimum Gasteiger partial charge on any atom is -0.493 e. The molecule has 3 aromatic rings. The van der Waals surface area contributed by atoms with E-state index in [1.807, 2.05) is 42.5 Å². The van der Waals surface area contributed by atoms with E-state index in [2.05, 4.69) is 16.5 Å². The first kappa shape index (κ1) is 18.3. The monoisotopic (exact) mass is 426 g/mol. The van der Waals surface area contributed by atoms with Gasteiger partial charge in [0.05, 0.1) is 30.9 Å². The summed E-state index contributed by atoms with van der Waals surface area (Å²) in [4.78, 5) is 1.12. The molecule has 148 valence electrons. The molecule has 5 rings (SSSR count). The average Bonchev–Trinajstić information content (AvgIpc) is 3.43. The SMILES string of the molecule is COc1ccc(C2=NN3C(C2)c2cc(Cl)ccc2OC3c2cccs2)cc1OC. The molecule has 0 amide bonds. The molecule has 0 aliphatic carbocycles. The third-order valence-electron chi connectivity index (χ3n) is 5.26. The van der Waals surface area contributed by atoms with Gasteiger partial charge in [0.25, 0.3) is 0 Å². The van der Waals surface area contributed by atoms with Gasteiger partial charge in [0, 0.05) is 22.6 Å². The molecular formula is C22H19ClN2O3S. The number of hydrazone groups is 1. The Balaban J connectivity index is 1.58. The fourth-order valence-corrected chi connectivity index (χ4v) is 4.79. The Labute approximate surface area is 178 Å². The van der Waals surface area contributed by atoms with E-state index in [0.29, 0.717) is 16.5 Å². The molecule has 5 nitrogen and oxygen atoms in total. The Bertz CT molecular complexity index is 1080. The number of hydrogen-bond acceptors (Lipinski definition) is 6. The highest BCUT2D eigenvalue weighted by molar-refractivity contribution is 7.10. The Hall–Kier alpha value is -2.70. The van der Waals surface area contributed by atoms with Crippen molar-refractivity contribution >= 4 is 28.6 Å². The average molecular weight is 427 g/mol. The molecule has 2 aliphatic heterocycles. The summed E-state index contributed by atoms with van der Waals surface area (Å²) in [6.45, 7) is 0. The van der Waals surface area contributed by atoms with Crippen LogP contribution in [0.4, 0.5) is 0 Å². The molecular weight excluding hydrogens is 408 g/mol. The van der Waals surface area contributed by atoms with Gasteiger partial charge < -0.3 is 14.2 Å². The molecule has 0 saturated carbocycles. The summed E-state index contributed by atoms with van der Waals surface area (Å²) in [5, 5.41) is 9.77. The van der Waals surface area contributed by atoms with Gasteiger partial charge in [0.2, 0.25) is 6.23 Å². The van der Waals surface area contributed by atoms with E-state index in [9.17, 15) is 0 Å². The van der Waals surface area contributed by atoms with Crippen LogP contribution in [0.25, 0.3) is 0 Å². The zero-order chi connectivity index (χ0) is 20.0. The topological polar surface area (TPSA) is 43.3 Å². The van der Waals surface area contributed by atoms with Crippen LogP contribution in [0.3, 0.4) is 0 Å². The van der Waals surface area contributed by atoms with Crippen molar-refractivity contribution in [3.05, 3.63) is 74.9 Å². The van der Waals surface area contributed by atoms with Crippen molar-refractivity contribution in [3.8, 4) is 17.2 Å². The lowest BCUT2D eigenvalue weighted by Gasteiger charge is -2.37. The maximum absolute atomic E-state index is 6.34. The second kappa shape index (κ2) is 7.28. The molecule has 7 heteroatoms. The molecule has 29 heavy (non-hydrogen) atoms. The highest BCUT2D eigenvalue weighted by Gasteiger charge is 2.41. The van der Waals surface area contributed by atoms with E-state index >= 15 is 0 Å². The second-order valence-corrected chi connectivity index (χ2v) is 8.30. The third kappa shape index (κ3) is 3.12. The predicted molar refractivity (Wildman–Crippen MR) is 114 cm³/mol. The summed E-state index contributed by atoms with van der Waals surface area (Å²) in [6.07, 6.45) is 0.500. The van der Waals surface area contributed by atoms with Crippen molar-refractivity contribution in [3.63, 3.8) is 0 Å². The normalized spacial score (nSPS) is 19.8. The summed E-state index contributed by atoms with van der Waals surface area (Å²) in [7, 11) is 3.27. The fraction of sp³-hybridized carbons (Fsp3) is 0.227. The van der Waals surface area contributed by atoms with Gasteiger partial charge in [-0.15, -0.1) is 11.3 Å². The highest BCUT2D eigenvalue weighted by Crippen LogP contribution is 2.49. The number of nitrogens with zero attached hydrogens (tertiary/aromatic N) is 2. The zero-order valence-corrected chi connectivity index (χ0v) is 17.5. The second-order valence-electron chi connectivity index (χ2n) is 6.88. The van der Waals surface area contributed by atoms with Crippen LogP contribution in [-0.2, 0) is 0 Å². The first-order valence-electron chi connectivity index (χ1n) is 9.25. The van der Waals surface area contributed by atoms with Crippen LogP contribution in [0.15, 0.2) is 59.0 Å². The van der Waals surface area contributed by atoms with Gasteiger partial charge in [-0.2, -0.15) is 5.10 Å². The molecule has 0 fully saturated rings. The summed E-state index contributed by atoms with van der Waals surface area (Å²) in [6, 6.07) is 15.9. The number of benzene rings is 2. The number of hydrogen-bond donors (Lipinski definition) is 0. The number of fused-ring (bicyclic) bond motifs is 3. The molecule has 0 bridgehead atoms. The van der Waals surface area contributed by atoms with Crippen LogP contribution in [0.1, 0.15) is 34.7 Å². The Morgan fingerprint density at radius 2 is 1.97 bits per heavy atom. The standard InChI is InChI=1S/C22H19ClN2O3S/c1-26-19-7-5-13(10-20(19)27-2)16-12-17-15-11-14(23)6-8-18(15)28-22(25(17)24-16)21-4-3-9-29-21/h3-11,17,22H,12H2,1-2H3. The van der Waals surface area contributed by atoms with E-state index in [1.54, 1.807) is 25.6 Å². The largest absolute Gasteiger partial charge is 0.493 e. The molecule has 0 saturated heterocycles. The van der Waals surface area contributed by atoms with Crippen molar-refractivity contribution in [2.24, 2.45) is 5.10 Å². The lowest BCUT2D eigenvalue weighted by atomic mass is 9.96. The molecule has 0 radical (unpaired) electrons. The van der Waals surface area contributed by atoms with E-state index < -0.39 is 0 Å². The number of thiophene rings is 1. The van der Waals surface area contributed by atoms with Crippen molar-refractivity contribution in [2.45, 2.75) is 18.7 Å². The predicted octanol–water partition coefficient (Wildman–Crippen LogP) is 5.66. The van der Waals surface area contributed by atoms with E-state index in [1.165, 1.54) is 0 Å². The molecule has 2 atom stereocenters. The lowest BCUT2D eigenvalue weighted by molar-refractivity contribution is -0.0165. The van der Waals surface area contributed by atoms with Gasteiger partial charge in [-0.05, 0) is 47.8 Å². The smallest absolute Gasteiger partial charge is 0.222 e. The van der Waals surface area contributed by atoms with Gasteiger partial charge in [-0.1, -0.05) is 17.7 Å². The summed E-state index contributed by atoms with van der Waals surface area (Å²) in [5.74, 6) is 2.24. The lowest BCUT2D eigenvalue weighted by Crippen LogP contribution is -2.33. The molecule has 2 aromatic carbocycles. The summed E-state index contributed by atoms with van der Waals surface area (Å²) < 4.78 is 17.2. The number of methoxy groups -OCH3 is 2.